The molecular weight excluding hydrogens is 628 g/mol. The van der Waals surface area contributed by atoms with Crippen LogP contribution in [0.1, 0.15) is 74.6 Å². The van der Waals surface area contributed by atoms with Gasteiger partial charge in [0.2, 0.25) is 5.91 Å². The van der Waals surface area contributed by atoms with Crippen molar-refractivity contribution in [1.29, 1.82) is 5.26 Å². The fraction of sp³-hybridized carbons (Fsp3) is 0.433. The first-order valence-corrected chi connectivity index (χ1v) is 15.1. The number of nitrogens with zero attached hydrogens (tertiary/aromatic N) is 7. The molecule has 2 aliphatic rings. The van der Waals surface area contributed by atoms with Gasteiger partial charge in [0.1, 0.15) is 23.1 Å². The Morgan fingerprint density at radius 2 is 1.89 bits per heavy atom. The highest BCUT2D eigenvalue weighted by Crippen LogP contribution is 2.47. The second kappa shape index (κ2) is 13.5. The first kappa shape index (κ1) is 32.9. The van der Waals surface area contributed by atoms with Gasteiger partial charge in [-0.1, -0.05) is 36.6 Å². The number of alkyl halides is 3. The summed E-state index contributed by atoms with van der Waals surface area (Å²) < 4.78 is 58.0. The van der Waals surface area contributed by atoms with E-state index >= 15 is 4.39 Å². The number of anilines is 1. The summed E-state index contributed by atoms with van der Waals surface area (Å²) in [5.41, 5.74) is -0.575. The van der Waals surface area contributed by atoms with Gasteiger partial charge in [-0.3, -0.25) is 24.4 Å². The lowest BCUT2D eigenvalue weighted by atomic mass is 9.75. The van der Waals surface area contributed by atoms with Crippen LogP contribution in [-0.2, 0) is 28.9 Å². The zero-order chi connectivity index (χ0) is 33.1. The zero-order valence-electron chi connectivity index (χ0n) is 24.6. The van der Waals surface area contributed by atoms with E-state index in [1.165, 1.54) is 12.1 Å². The number of carbonyl (C=O) groups is 2. The minimum absolute atomic E-state index is 0.0635. The molecule has 3 aromatic rings. The molecule has 2 aromatic heterocycles. The average Bonchev–Trinajstić information content (AvgIpc) is 3.56. The second-order valence-electron chi connectivity index (χ2n) is 11.3. The lowest BCUT2D eigenvalue weighted by molar-refractivity contribution is -0.138. The summed E-state index contributed by atoms with van der Waals surface area (Å²) in [4.78, 5) is 30.9. The number of aromatic nitrogens is 4. The number of pyridine rings is 1. The largest absolute Gasteiger partial charge is 0.419 e. The topological polar surface area (TPSA) is 140 Å². The summed E-state index contributed by atoms with van der Waals surface area (Å²) in [6.07, 6.45) is 3.89. The number of aryl methyl sites for hydroxylation is 1. The highest BCUT2D eigenvalue weighted by molar-refractivity contribution is 7.80. The minimum Gasteiger partial charge on any atom is -0.329 e. The summed E-state index contributed by atoms with van der Waals surface area (Å²) in [6.45, 7) is 0.531. The maximum atomic E-state index is 15.5. The third-order valence-corrected chi connectivity index (χ3v) is 8.80. The fourth-order valence-electron chi connectivity index (χ4n) is 5.73. The molecule has 1 saturated heterocycles. The molecule has 2 N–H and O–H groups in total. The van der Waals surface area contributed by atoms with E-state index in [4.69, 9.17) is 22.7 Å². The number of benzene rings is 1. The summed E-state index contributed by atoms with van der Waals surface area (Å²) in [6, 6.07) is 6.68. The molecule has 5 rings (SSSR count). The number of amides is 2. The third kappa shape index (κ3) is 6.56. The molecule has 242 valence electrons. The molecule has 1 aliphatic carbocycles. The number of hydrogen-bond acceptors (Lipinski definition) is 8. The van der Waals surface area contributed by atoms with E-state index in [1.54, 1.807) is 33.4 Å². The molecule has 46 heavy (non-hydrogen) atoms. The number of hydrogen-bond donors (Lipinski definition) is 2. The number of hydroxylamine groups is 1. The summed E-state index contributed by atoms with van der Waals surface area (Å²) in [5.74, 6) is -1.47. The van der Waals surface area contributed by atoms with Gasteiger partial charge < -0.3 is 4.90 Å². The van der Waals surface area contributed by atoms with Gasteiger partial charge in [-0.15, -0.1) is 5.10 Å². The van der Waals surface area contributed by atoms with Gasteiger partial charge in [-0.2, -0.15) is 18.4 Å². The standard InChI is InChI=1S/C30H30F4N8O3S/c31-23-13-19(25-18-40(39-37-25)12-5-3-1-2-4-7-26(43)38-45)8-9-20(23)17-41-28(46)42(27(44)29(41)10-6-11-29)21-14-22(30(32,33)34)24(15-35)36-16-21/h8-9,13-14,16,18,45H,1-7,10-12,17H2,(H,38,43). The smallest absolute Gasteiger partial charge is 0.329 e. The van der Waals surface area contributed by atoms with Crippen molar-refractivity contribution in [3.05, 3.63) is 59.3 Å². The number of nitriles is 1. The van der Waals surface area contributed by atoms with Crippen LogP contribution in [0, 0.1) is 17.1 Å². The van der Waals surface area contributed by atoms with Crippen LogP contribution in [0.25, 0.3) is 11.3 Å². The van der Waals surface area contributed by atoms with E-state index in [-0.39, 0.29) is 29.3 Å². The van der Waals surface area contributed by atoms with Crippen molar-refractivity contribution in [3.63, 3.8) is 0 Å². The van der Waals surface area contributed by atoms with E-state index < -0.39 is 40.6 Å². The molecule has 2 fully saturated rings. The van der Waals surface area contributed by atoms with Crippen LogP contribution in [-0.4, -0.2) is 52.6 Å². The number of nitrogens with one attached hydrogen (secondary N) is 1. The minimum atomic E-state index is -4.87. The first-order valence-electron chi connectivity index (χ1n) is 14.7. The molecule has 1 aliphatic heterocycles. The Morgan fingerprint density at radius 3 is 2.54 bits per heavy atom. The molecule has 16 heteroatoms. The SMILES string of the molecule is N#Cc1ncc(N2C(=O)C3(CCC3)N(Cc3ccc(-c4cn(CCCCCCCC(=O)NO)nn4)cc3F)C2=S)cc1C(F)(F)F. The molecule has 1 spiro atoms. The number of rotatable bonds is 12. The van der Waals surface area contributed by atoms with Crippen molar-refractivity contribution in [2.45, 2.75) is 82.6 Å². The van der Waals surface area contributed by atoms with Crippen LogP contribution in [0.15, 0.2) is 36.7 Å². The van der Waals surface area contributed by atoms with Crippen molar-refractivity contribution in [1.82, 2.24) is 30.4 Å². The molecule has 0 radical (unpaired) electrons. The van der Waals surface area contributed by atoms with Crippen molar-refractivity contribution >= 4 is 34.8 Å². The van der Waals surface area contributed by atoms with Gasteiger partial charge in [-0.05, 0) is 56.5 Å². The highest BCUT2D eigenvalue weighted by Gasteiger charge is 2.59. The summed E-state index contributed by atoms with van der Waals surface area (Å²) in [5, 5.41) is 25.8. The summed E-state index contributed by atoms with van der Waals surface area (Å²) >= 11 is 5.58. The van der Waals surface area contributed by atoms with Crippen LogP contribution >= 0.6 is 12.2 Å². The zero-order valence-corrected chi connectivity index (χ0v) is 25.4. The molecule has 1 aromatic carbocycles. The number of thiocarbonyl (C=S) groups is 1. The van der Waals surface area contributed by atoms with Crippen LogP contribution in [0.3, 0.4) is 0 Å². The van der Waals surface area contributed by atoms with Crippen molar-refractivity contribution in [3.8, 4) is 17.3 Å². The van der Waals surface area contributed by atoms with Crippen molar-refractivity contribution in [2.24, 2.45) is 0 Å². The highest BCUT2D eigenvalue weighted by atomic mass is 32.1. The lowest BCUT2D eigenvalue weighted by Gasteiger charge is -2.43. The van der Waals surface area contributed by atoms with E-state index in [9.17, 15) is 22.8 Å². The molecule has 1 saturated carbocycles. The Labute approximate surface area is 266 Å². The fourth-order valence-corrected chi connectivity index (χ4v) is 6.16. The maximum Gasteiger partial charge on any atom is 0.419 e. The Bertz CT molecular complexity index is 1680. The van der Waals surface area contributed by atoms with Crippen LogP contribution in [0.5, 0.6) is 0 Å². The second-order valence-corrected chi connectivity index (χ2v) is 11.7. The predicted octanol–water partition coefficient (Wildman–Crippen LogP) is 5.27. The van der Waals surface area contributed by atoms with Crippen molar-refractivity contribution < 1.29 is 32.4 Å². The van der Waals surface area contributed by atoms with Gasteiger partial charge >= 0.3 is 6.18 Å². The Hall–Kier alpha value is -4.49. The van der Waals surface area contributed by atoms with E-state index in [2.05, 4.69) is 15.3 Å². The lowest BCUT2D eigenvalue weighted by Crippen LogP contribution is -2.54. The third-order valence-electron chi connectivity index (χ3n) is 8.40. The van der Waals surface area contributed by atoms with Gasteiger partial charge in [0.15, 0.2) is 10.8 Å². The molecule has 0 atom stereocenters. The van der Waals surface area contributed by atoms with Gasteiger partial charge in [-0.25, -0.2) is 14.9 Å². The number of unbranched alkanes of at least 4 members (excludes halogenated alkanes) is 4. The molecule has 11 nitrogen and oxygen atoms in total. The maximum absolute atomic E-state index is 15.5. The first-order chi connectivity index (χ1) is 22.0. The molecule has 2 amide bonds. The van der Waals surface area contributed by atoms with E-state index in [1.807, 2.05) is 0 Å². The van der Waals surface area contributed by atoms with Gasteiger partial charge in [0.05, 0.1) is 23.6 Å². The molecular formula is C30H30F4N8O3S. The Kier molecular flexibility index (Phi) is 9.63. The number of halogens is 4. The molecule has 0 bridgehead atoms. The van der Waals surface area contributed by atoms with Gasteiger partial charge in [0, 0.05) is 30.6 Å². The Balaban J connectivity index is 1.25. The quantitative estimate of drug-likeness (QED) is 0.0876. The number of carbonyl (C=O) groups excluding carboxylic acids is 2. The van der Waals surface area contributed by atoms with Crippen LogP contribution in [0.2, 0.25) is 0 Å². The van der Waals surface area contributed by atoms with E-state index in [0.29, 0.717) is 49.6 Å². The van der Waals surface area contributed by atoms with Gasteiger partial charge in [0.25, 0.3) is 5.91 Å². The predicted molar refractivity (Wildman–Crippen MR) is 159 cm³/mol. The van der Waals surface area contributed by atoms with Crippen LogP contribution in [0.4, 0.5) is 23.2 Å². The molecule has 3 heterocycles. The van der Waals surface area contributed by atoms with E-state index in [0.717, 1.165) is 36.8 Å². The van der Waals surface area contributed by atoms with Crippen LogP contribution < -0.4 is 10.4 Å². The summed E-state index contributed by atoms with van der Waals surface area (Å²) in [7, 11) is 0. The monoisotopic (exact) mass is 658 g/mol. The Morgan fingerprint density at radius 1 is 1.15 bits per heavy atom. The average molecular weight is 659 g/mol. The molecule has 0 unspecified atom stereocenters. The van der Waals surface area contributed by atoms with Crippen molar-refractivity contribution in [2.75, 3.05) is 4.90 Å². The normalized spacial score (nSPS) is 15.7.